The van der Waals surface area contributed by atoms with Gasteiger partial charge in [0.25, 0.3) is 5.91 Å². The standard InChI is InChI=1S/C19H14Cl2N4O3/c1-19(13-7-6-12(20)8-14(13)21)17(27)25(18(28)24-19)10-16(26)23-15-5-3-2-4-11(15)9-22/h2-8H,10H2,1H3,(H,23,26)(H,24,28)/t19-/m0/s1. The number of hydrogen-bond donors (Lipinski definition) is 2. The second-order valence-electron chi connectivity index (χ2n) is 6.28. The Morgan fingerprint density at radius 2 is 1.96 bits per heavy atom. The van der Waals surface area contributed by atoms with Gasteiger partial charge >= 0.3 is 6.03 Å². The van der Waals surface area contributed by atoms with Gasteiger partial charge in [-0.1, -0.05) is 41.4 Å². The number of anilines is 1. The molecule has 0 aromatic heterocycles. The Balaban J connectivity index is 1.80. The van der Waals surface area contributed by atoms with Crippen molar-refractivity contribution < 1.29 is 14.4 Å². The molecule has 0 saturated carbocycles. The van der Waals surface area contributed by atoms with Gasteiger partial charge in [0.2, 0.25) is 5.91 Å². The van der Waals surface area contributed by atoms with Crippen molar-refractivity contribution in [2.45, 2.75) is 12.5 Å². The van der Waals surface area contributed by atoms with Crippen LogP contribution in [0, 0.1) is 11.3 Å². The van der Waals surface area contributed by atoms with Crippen LogP contribution in [-0.4, -0.2) is 29.3 Å². The van der Waals surface area contributed by atoms with E-state index in [9.17, 15) is 14.4 Å². The lowest BCUT2D eigenvalue weighted by atomic mass is 9.92. The number of hydrogen-bond acceptors (Lipinski definition) is 4. The van der Waals surface area contributed by atoms with Crippen molar-refractivity contribution in [1.29, 1.82) is 5.26 Å². The molecular weight excluding hydrogens is 403 g/mol. The molecule has 2 N–H and O–H groups in total. The minimum atomic E-state index is -1.43. The number of urea groups is 1. The molecule has 1 fully saturated rings. The van der Waals surface area contributed by atoms with Crippen LogP contribution in [0.4, 0.5) is 10.5 Å². The quantitative estimate of drug-likeness (QED) is 0.746. The third-order valence-corrected chi connectivity index (χ3v) is 4.92. The van der Waals surface area contributed by atoms with Crippen LogP contribution in [0.15, 0.2) is 42.5 Å². The van der Waals surface area contributed by atoms with Crippen LogP contribution in [-0.2, 0) is 15.1 Å². The van der Waals surface area contributed by atoms with Crippen molar-refractivity contribution in [2.24, 2.45) is 0 Å². The van der Waals surface area contributed by atoms with E-state index >= 15 is 0 Å². The highest BCUT2D eigenvalue weighted by Gasteiger charge is 2.50. The number of rotatable bonds is 4. The average Bonchev–Trinajstić information content (AvgIpc) is 2.86. The number of halogens is 2. The van der Waals surface area contributed by atoms with Gasteiger partial charge in [0.05, 0.1) is 11.3 Å². The Kier molecular flexibility index (Phi) is 5.27. The number of benzene rings is 2. The second-order valence-corrected chi connectivity index (χ2v) is 7.12. The summed E-state index contributed by atoms with van der Waals surface area (Å²) in [6.45, 7) is 0.996. The SMILES string of the molecule is C[C@@]1(c2ccc(Cl)cc2Cl)NC(=O)N(CC(=O)Nc2ccccc2C#N)C1=O. The van der Waals surface area contributed by atoms with Gasteiger partial charge in [0.1, 0.15) is 18.2 Å². The lowest BCUT2D eigenvalue weighted by Gasteiger charge is -2.23. The molecule has 1 atom stereocenters. The molecule has 0 bridgehead atoms. The fraction of sp³-hybridized carbons (Fsp3) is 0.158. The van der Waals surface area contributed by atoms with Crippen LogP contribution in [0.2, 0.25) is 10.0 Å². The number of nitrogens with zero attached hydrogens (tertiary/aromatic N) is 2. The van der Waals surface area contributed by atoms with Gasteiger partial charge in [0, 0.05) is 15.6 Å². The minimum Gasteiger partial charge on any atom is -0.323 e. The predicted molar refractivity (Wildman–Crippen MR) is 104 cm³/mol. The van der Waals surface area contributed by atoms with Crippen LogP contribution in [0.3, 0.4) is 0 Å². The maximum atomic E-state index is 12.9. The molecule has 1 heterocycles. The van der Waals surface area contributed by atoms with Crippen LogP contribution < -0.4 is 10.6 Å². The van der Waals surface area contributed by atoms with Gasteiger partial charge in [0.15, 0.2) is 0 Å². The fourth-order valence-electron chi connectivity index (χ4n) is 2.94. The van der Waals surface area contributed by atoms with E-state index in [0.717, 1.165) is 4.90 Å². The maximum Gasteiger partial charge on any atom is 0.325 e. The molecule has 1 saturated heterocycles. The summed E-state index contributed by atoms with van der Waals surface area (Å²) in [7, 11) is 0. The monoisotopic (exact) mass is 416 g/mol. The lowest BCUT2D eigenvalue weighted by molar-refractivity contribution is -0.133. The summed E-state index contributed by atoms with van der Waals surface area (Å²) in [5.74, 6) is -1.23. The minimum absolute atomic E-state index is 0.220. The summed E-state index contributed by atoms with van der Waals surface area (Å²) in [5, 5.41) is 14.8. The van der Waals surface area contributed by atoms with Crippen molar-refractivity contribution in [3.8, 4) is 6.07 Å². The third-order valence-electron chi connectivity index (χ3n) is 4.37. The molecule has 0 unspecified atom stereocenters. The Morgan fingerprint density at radius 3 is 2.64 bits per heavy atom. The summed E-state index contributed by atoms with van der Waals surface area (Å²) in [6, 6.07) is 12.2. The van der Waals surface area contributed by atoms with Crippen molar-refractivity contribution >= 4 is 46.7 Å². The molecule has 4 amide bonds. The van der Waals surface area contributed by atoms with Gasteiger partial charge in [-0.05, 0) is 31.2 Å². The average molecular weight is 417 g/mol. The normalized spacial score (nSPS) is 18.6. The molecule has 2 aromatic rings. The Morgan fingerprint density at radius 1 is 1.25 bits per heavy atom. The van der Waals surface area contributed by atoms with Gasteiger partial charge in [-0.15, -0.1) is 0 Å². The van der Waals surface area contributed by atoms with Gasteiger partial charge in [-0.2, -0.15) is 5.26 Å². The number of carbonyl (C=O) groups is 3. The maximum absolute atomic E-state index is 12.9. The molecule has 7 nitrogen and oxygen atoms in total. The number of para-hydroxylation sites is 1. The summed E-state index contributed by atoms with van der Waals surface area (Å²) >= 11 is 12.1. The van der Waals surface area contributed by atoms with E-state index in [1.54, 1.807) is 36.4 Å². The van der Waals surface area contributed by atoms with E-state index in [1.165, 1.54) is 13.0 Å². The summed E-state index contributed by atoms with van der Waals surface area (Å²) in [4.78, 5) is 38.4. The first kappa shape index (κ1) is 19.7. The highest BCUT2D eigenvalue weighted by molar-refractivity contribution is 6.35. The summed E-state index contributed by atoms with van der Waals surface area (Å²) in [5.41, 5.74) is -0.491. The van der Waals surface area contributed by atoms with Crippen molar-refractivity contribution in [2.75, 3.05) is 11.9 Å². The van der Waals surface area contributed by atoms with Crippen molar-refractivity contribution in [1.82, 2.24) is 10.2 Å². The first-order chi connectivity index (χ1) is 13.3. The smallest absolute Gasteiger partial charge is 0.323 e. The molecule has 0 aliphatic carbocycles. The number of nitrogens with one attached hydrogen (secondary N) is 2. The molecule has 9 heteroatoms. The molecule has 1 aliphatic rings. The number of amides is 4. The summed E-state index contributed by atoms with van der Waals surface area (Å²) in [6.07, 6.45) is 0. The first-order valence-electron chi connectivity index (χ1n) is 8.15. The molecule has 1 aliphatic heterocycles. The number of carbonyl (C=O) groups excluding carboxylic acids is 3. The molecular formula is C19H14Cl2N4O3. The largest absolute Gasteiger partial charge is 0.325 e. The highest BCUT2D eigenvalue weighted by Crippen LogP contribution is 2.34. The Hall–Kier alpha value is -3.08. The molecule has 0 radical (unpaired) electrons. The van der Waals surface area contributed by atoms with Crippen molar-refractivity contribution in [3.05, 3.63) is 63.6 Å². The first-order valence-corrected chi connectivity index (χ1v) is 8.90. The van der Waals surface area contributed by atoms with E-state index in [4.69, 9.17) is 28.5 Å². The van der Waals surface area contributed by atoms with Crippen LogP contribution in [0.25, 0.3) is 0 Å². The topological polar surface area (TPSA) is 102 Å². The lowest BCUT2D eigenvalue weighted by Crippen LogP contribution is -2.42. The molecule has 0 spiro atoms. The molecule has 142 valence electrons. The zero-order valence-corrected chi connectivity index (χ0v) is 16.1. The molecule has 28 heavy (non-hydrogen) atoms. The van der Waals surface area contributed by atoms with E-state index in [2.05, 4.69) is 10.6 Å². The van der Waals surface area contributed by atoms with Gasteiger partial charge in [-0.25, -0.2) is 4.79 Å². The van der Waals surface area contributed by atoms with E-state index < -0.39 is 29.9 Å². The third kappa shape index (κ3) is 3.52. The molecule has 2 aromatic carbocycles. The predicted octanol–water partition coefficient (Wildman–Crippen LogP) is 3.27. The van der Waals surface area contributed by atoms with Crippen LogP contribution in [0.5, 0.6) is 0 Å². The number of nitriles is 1. The zero-order valence-electron chi connectivity index (χ0n) is 14.6. The zero-order chi connectivity index (χ0) is 20.5. The van der Waals surface area contributed by atoms with Crippen LogP contribution in [0.1, 0.15) is 18.1 Å². The Bertz CT molecular complexity index is 1030. The Labute approximate surface area is 170 Å². The van der Waals surface area contributed by atoms with Crippen molar-refractivity contribution in [3.63, 3.8) is 0 Å². The van der Waals surface area contributed by atoms with Crippen LogP contribution >= 0.6 is 23.2 Å². The summed E-state index contributed by atoms with van der Waals surface area (Å²) < 4.78 is 0. The fourth-order valence-corrected chi connectivity index (χ4v) is 3.54. The van der Waals surface area contributed by atoms with E-state index in [-0.39, 0.29) is 10.6 Å². The molecule has 3 rings (SSSR count). The van der Waals surface area contributed by atoms with Gasteiger partial charge < -0.3 is 10.6 Å². The second kappa shape index (κ2) is 7.50. The van der Waals surface area contributed by atoms with E-state index in [0.29, 0.717) is 16.3 Å². The van der Waals surface area contributed by atoms with E-state index in [1.807, 2.05) is 6.07 Å². The van der Waals surface area contributed by atoms with Gasteiger partial charge in [-0.3, -0.25) is 14.5 Å². The highest BCUT2D eigenvalue weighted by atomic mass is 35.5. The number of imide groups is 1.